The van der Waals surface area contributed by atoms with Gasteiger partial charge in [0.2, 0.25) is 0 Å². The first-order valence-electron chi connectivity index (χ1n) is 8.70. The van der Waals surface area contributed by atoms with E-state index in [0.29, 0.717) is 6.10 Å². The summed E-state index contributed by atoms with van der Waals surface area (Å²) in [6.07, 6.45) is 3.71. The SMILES string of the molecule is CCc1ccc(C(C)(C)CNC(=NC)NCC2CCCO2)cc1.I. The predicted octanol–water partition coefficient (Wildman–Crippen LogP) is 3.49. The summed E-state index contributed by atoms with van der Waals surface area (Å²) >= 11 is 0. The average molecular weight is 445 g/mol. The van der Waals surface area contributed by atoms with Crippen LogP contribution in [0.3, 0.4) is 0 Å². The van der Waals surface area contributed by atoms with Crippen molar-refractivity contribution in [3.63, 3.8) is 0 Å². The van der Waals surface area contributed by atoms with E-state index in [1.165, 1.54) is 17.5 Å². The third kappa shape index (κ3) is 6.24. The molecule has 1 aliphatic rings. The summed E-state index contributed by atoms with van der Waals surface area (Å²) < 4.78 is 5.64. The highest BCUT2D eigenvalue weighted by atomic mass is 127. The molecule has 1 heterocycles. The summed E-state index contributed by atoms with van der Waals surface area (Å²) in [6.45, 7) is 9.25. The zero-order chi connectivity index (χ0) is 16.7. The molecule has 1 aliphatic heterocycles. The number of hydrogen-bond acceptors (Lipinski definition) is 2. The standard InChI is InChI=1S/C19H31N3O.HI/c1-5-15-8-10-16(11-9-15)19(2,3)14-22-18(20-4)21-13-17-7-6-12-23-17;/h8-11,17H,5-7,12-14H2,1-4H3,(H2,20,21,22);1H. The molecule has 2 N–H and O–H groups in total. The molecule has 1 fully saturated rings. The second kappa shape index (κ2) is 10.2. The zero-order valence-electron chi connectivity index (χ0n) is 15.4. The number of halogens is 1. The van der Waals surface area contributed by atoms with E-state index in [1.54, 1.807) is 0 Å². The second-order valence-electron chi connectivity index (χ2n) is 6.88. The molecule has 0 aromatic heterocycles. The Kier molecular flexibility index (Phi) is 9.05. The lowest BCUT2D eigenvalue weighted by Crippen LogP contribution is -2.45. The minimum atomic E-state index is 0. The Morgan fingerprint density at radius 1 is 1.25 bits per heavy atom. The summed E-state index contributed by atoms with van der Waals surface area (Å²) in [4.78, 5) is 4.31. The van der Waals surface area contributed by atoms with Crippen molar-refractivity contribution in [3.8, 4) is 0 Å². The Morgan fingerprint density at radius 2 is 1.96 bits per heavy atom. The molecule has 0 bridgehead atoms. The number of aryl methyl sites for hydroxylation is 1. The fraction of sp³-hybridized carbons (Fsp3) is 0.632. The van der Waals surface area contributed by atoms with Crippen molar-refractivity contribution in [1.29, 1.82) is 0 Å². The van der Waals surface area contributed by atoms with Gasteiger partial charge in [-0.1, -0.05) is 45.0 Å². The van der Waals surface area contributed by atoms with Crippen molar-refractivity contribution in [3.05, 3.63) is 35.4 Å². The van der Waals surface area contributed by atoms with Gasteiger partial charge in [0.15, 0.2) is 5.96 Å². The maximum absolute atomic E-state index is 5.64. The number of hydrogen-bond donors (Lipinski definition) is 2. The van der Waals surface area contributed by atoms with Gasteiger partial charge in [0, 0.05) is 32.2 Å². The van der Waals surface area contributed by atoms with Crippen LogP contribution >= 0.6 is 24.0 Å². The van der Waals surface area contributed by atoms with E-state index >= 15 is 0 Å². The van der Waals surface area contributed by atoms with Crippen molar-refractivity contribution < 1.29 is 4.74 Å². The van der Waals surface area contributed by atoms with Crippen LogP contribution in [0, 0.1) is 0 Å². The molecule has 0 aliphatic carbocycles. The van der Waals surface area contributed by atoms with Crippen molar-refractivity contribution in [2.45, 2.75) is 51.6 Å². The second-order valence-corrected chi connectivity index (χ2v) is 6.88. The first-order valence-corrected chi connectivity index (χ1v) is 8.70. The topological polar surface area (TPSA) is 45.7 Å². The highest BCUT2D eigenvalue weighted by molar-refractivity contribution is 14.0. The molecule has 0 amide bonds. The van der Waals surface area contributed by atoms with Gasteiger partial charge in [-0.05, 0) is 30.4 Å². The fourth-order valence-electron chi connectivity index (χ4n) is 2.83. The first-order chi connectivity index (χ1) is 11.0. The predicted molar refractivity (Wildman–Crippen MR) is 113 cm³/mol. The molecule has 0 saturated carbocycles. The molecular formula is C19H32IN3O. The van der Waals surface area contributed by atoms with Gasteiger partial charge < -0.3 is 15.4 Å². The number of rotatable bonds is 6. The Morgan fingerprint density at radius 3 is 2.50 bits per heavy atom. The Labute approximate surface area is 163 Å². The van der Waals surface area contributed by atoms with Crippen LogP contribution in [0.25, 0.3) is 0 Å². The van der Waals surface area contributed by atoms with Gasteiger partial charge in [-0.3, -0.25) is 4.99 Å². The number of guanidine groups is 1. The monoisotopic (exact) mass is 445 g/mol. The van der Waals surface area contributed by atoms with E-state index in [2.05, 4.69) is 60.7 Å². The molecule has 1 saturated heterocycles. The molecule has 5 heteroatoms. The summed E-state index contributed by atoms with van der Waals surface area (Å²) in [5.74, 6) is 0.846. The minimum Gasteiger partial charge on any atom is -0.376 e. The van der Waals surface area contributed by atoms with Crippen LogP contribution in [0.15, 0.2) is 29.3 Å². The highest BCUT2D eigenvalue weighted by Crippen LogP contribution is 2.22. The van der Waals surface area contributed by atoms with Gasteiger partial charge in [0.1, 0.15) is 0 Å². The van der Waals surface area contributed by atoms with Crippen LogP contribution in [-0.2, 0) is 16.6 Å². The third-order valence-electron chi connectivity index (χ3n) is 4.59. The first kappa shape index (κ1) is 21.2. The molecule has 1 unspecified atom stereocenters. The van der Waals surface area contributed by atoms with Gasteiger partial charge in [-0.2, -0.15) is 0 Å². The number of nitrogens with one attached hydrogen (secondary N) is 2. The number of benzene rings is 1. The highest BCUT2D eigenvalue weighted by Gasteiger charge is 2.21. The van der Waals surface area contributed by atoms with E-state index in [9.17, 15) is 0 Å². The normalized spacial score (nSPS) is 18.2. The van der Waals surface area contributed by atoms with Crippen LogP contribution in [0.2, 0.25) is 0 Å². The van der Waals surface area contributed by atoms with E-state index in [0.717, 1.165) is 38.5 Å². The lowest BCUT2D eigenvalue weighted by molar-refractivity contribution is 0.114. The minimum absolute atomic E-state index is 0. The number of ether oxygens (including phenoxy) is 1. The van der Waals surface area contributed by atoms with Crippen molar-refractivity contribution >= 4 is 29.9 Å². The maximum atomic E-state index is 5.64. The zero-order valence-corrected chi connectivity index (χ0v) is 17.7. The molecule has 24 heavy (non-hydrogen) atoms. The lowest BCUT2D eigenvalue weighted by atomic mass is 9.84. The van der Waals surface area contributed by atoms with Gasteiger partial charge in [-0.25, -0.2) is 0 Å². The van der Waals surface area contributed by atoms with Crippen molar-refractivity contribution in [1.82, 2.24) is 10.6 Å². The van der Waals surface area contributed by atoms with E-state index < -0.39 is 0 Å². The van der Waals surface area contributed by atoms with Gasteiger partial charge in [0.05, 0.1) is 6.10 Å². The molecule has 1 aromatic carbocycles. The average Bonchev–Trinajstić information content (AvgIpc) is 3.08. The molecule has 0 radical (unpaired) electrons. The molecule has 136 valence electrons. The summed E-state index contributed by atoms with van der Waals surface area (Å²) in [5, 5.41) is 6.81. The summed E-state index contributed by atoms with van der Waals surface area (Å²) in [7, 11) is 1.81. The summed E-state index contributed by atoms with van der Waals surface area (Å²) in [6, 6.07) is 8.93. The quantitative estimate of drug-likeness (QED) is 0.401. The lowest BCUT2D eigenvalue weighted by Gasteiger charge is -2.27. The van der Waals surface area contributed by atoms with Gasteiger partial charge in [-0.15, -0.1) is 24.0 Å². The van der Waals surface area contributed by atoms with E-state index in [4.69, 9.17) is 4.74 Å². The van der Waals surface area contributed by atoms with Crippen LogP contribution in [-0.4, -0.2) is 38.8 Å². The summed E-state index contributed by atoms with van der Waals surface area (Å²) in [5.41, 5.74) is 2.77. The molecule has 1 atom stereocenters. The van der Waals surface area contributed by atoms with Crippen LogP contribution in [0.1, 0.15) is 44.7 Å². The third-order valence-corrected chi connectivity index (χ3v) is 4.59. The number of nitrogens with zero attached hydrogens (tertiary/aromatic N) is 1. The van der Waals surface area contributed by atoms with Crippen LogP contribution in [0.4, 0.5) is 0 Å². The van der Waals surface area contributed by atoms with E-state index in [-0.39, 0.29) is 29.4 Å². The van der Waals surface area contributed by atoms with E-state index in [1.807, 2.05) is 7.05 Å². The fourth-order valence-corrected chi connectivity index (χ4v) is 2.83. The maximum Gasteiger partial charge on any atom is 0.191 e. The number of aliphatic imine (C=N–C) groups is 1. The molecule has 0 spiro atoms. The molecule has 2 rings (SSSR count). The Hall–Kier alpha value is -0.820. The Balaban J connectivity index is 0.00000288. The van der Waals surface area contributed by atoms with Crippen molar-refractivity contribution in [2.24, 2.45) is 4.99 Å². The van der Waals surface area contributed by atoms with Gasteiger partial charge >= 0.3 is 0 Å². The molecule has 1 aromatic rings. The smallest absolute Gasteiger partial charge is 0.191 e. The van der Waals surface area contributed by atoms with Crippen molar-refractivity contribution in [2.75, 3.05) is 26.7 Å². The van der Waals surface area contributed by atoms with Crippen LogP contribution < -0.4 is 10.6 Å². The largest absolute Gasteiger partial charge is 0.376 e. The van der Waals surface area contributed by atoms with Gasteiger partial charge in [0.25, 0.3) is 0 Å². The van der Waals surface area contributed by atoms with Crippen LogP contribution in [0.5, 0.6) is 0 Å². The molecular weight excluding hydrogens is 413 g/mol. The Bertz CT molecular complexity index is 508. The molecule has 4 nitrogen and oxygen atoms in total.